The lowest BCUT2D eigenvalue weighted by molar-refractivity contribution is 0.0257. The molecule has 0 aromatic rings. The van der Waals surface area contributed by atoms with E-state index < -0.39 is 6.16 Å². The number of likely N-dealkylation sites (tertiary alicyclic amines) is 1. The van der Waals surface area contributed by atoms with Crippen molar-refractivity contribution in [2.45, 2.75) is 64.9 Å². The molecule has 0 aromatic carbocycles. The number of unbranched alkanes of at least 4 members (excludes halogenated alkanes) is 5. The highest BCUT2D eigenvalue weighted by Gasteiger charge is 2.24. The Balaban J connectivity index is 1.94. The van der Waals surface area contributed by atoms with Gasteiger partial charge in [-0.2, -0.15) is 0 Å². The summed E-state index contributed by atoms with van der Waals surface area (Å²) < 4.78 is 10.4. The molecule has 0 spiro atoms. The quantitative estimate of drug-likeness (QED) is 0.474. The van der Waals surface area contributed by atoms with Gasteiger partial charge in [0.2, 0.25) is 0 Å². The lowest BCUT2D eigenvalue weighted by atomic mass is 10.1. The molecule has 4 heteroatoms. The van der Waals surface area contributed by atoms with Crippen LogP contribution in [0.3, 0.4) is 0 Å². The van der Waals surface area contributed by atoms with Crippen molar-refractivity contribution in [2.75, 3.05) is 26.2 Å². The Hall–Kier alpha value is -0.770. The van der Waals surface area contributed by atoms with Gasteiger partial charge in [0.1, 0.15) is 6.10 Å². The first-order valence-corrected chi connectivity index (χ1v) is 7.82. The minimum absolute atomic E-state index is 0.0250. The third kappa shape index (κ3) is 7.41. The second-order valence-electron chi connectivity index (χ2n) is 5.29. The van der Waals surface area contributed by atoms with E-state index in [9.17, 15) is 4.79 Å². The van der Waals surface area contributed by atoms with Crippen LogP contribution in [0.4, 0.5) is 4.79 Å². The zero-order chi connectivity index (χ0) is 13.9. The molecule has 0 saturated carbocycles. The zero-order valence-corrected chi connectivity index (χ0v) is 12.5. The Labute approximate surface area is 117 Å². The van der Waals surface area contributed by atoms with E-state index in [4.69, 9.17) is 9.47 Å². The van der Waals surface area contributed by atoms with E-state index in [-0.39, 0.29) is 6.10 Å². The van der Waals surface area contributed by atoms with Gasteiger partial charge in [-0.15, -0.1) is 0 Å². The van der Waals surface area contributed by atoms with Gasteiger partial charge >= 0.3 is 6.16 Å². The summed E-state index contributed by atoms with van der Waals surface area (Å²) in [7, 11) is 0. The highest BCUT2D eigenvalue weighted by Crippen LogP contribution is 2.13. The predicted octanol–water partition coefficient (Wildman–Crippen LogP) is 3.59. The summed E-state index contributed by atoms with van der Waals surface area (Å²) in [5.74, 6) is 0. The van der Waals surface area contributed by atoms with Crippen LogP contribution in [0, 0.1) is 0 Å². The van der Waals surface area contributed by atoms with Crippen LogP contribution in [0.2, 0.25) is 0 Å². The van der Waals surface area contributed by atoms with Crippen molar-refractivity contribution in [1.29, 1.82) is 0 Å². The number of rotatable bonds is 9. The molecule has 1 unspecified atom stereocenters. The fourth-order valence-electron chi connectivity index (χ4n) is 2.39. The van der Waals surface area contributed by atoms with E-state index in [1.807, 2.05) is 0 Å². The summed E-state index contributed by atoms with van der Waals surface area (Å²) in [6.45, 7) is 7.72. The highest BCUT2D eigenvalue weighted by molar-refractivity contribution is 5.60. The predicted molar refractivity (Wildman–Crippen MR) is 76.3 cm³/mol. The summed E-state index contributed by atoms with van der Waals surface area (Å²) in [6, 6.07) is 0. The number of carbonyl (C=O) groups is 1. The van der Waals surface area contributed by atoms with Crippen LogP contribution in [0.1, 0.15) is 58.8 Å². The first-order valence-electron chi connectivity index (χ1n) is 7.82. The number of hydrogen-bond acceptors (Lipinski definition) is 4. The summed E-state index contributed by atoms with van der Waals surface area (Å²) in [5, 5.41) is 0. The van der Waals surface area contributed by atoms with Crippen LogP contribution >= 0.6 is 0 Å². The van der Waals surface area contributed by atoms with E-state index in [1.165, 1.54) is 25.7 Å². The highest BCUT2D eigenvalue weighted by atomic mass is 16.7. The average molecular weight is 271 g/mol. The molecule has 1 atom stereocenters. The average Bonchev–Trinajstić information content (AvgIpc) is 2.85. The molecule has 0 N–H and O–H groups in total. The van der Waals surface area contributed by atoms with Gasteiger partial charge in [0.05, 0.1) is 6.61 Å². The largest absolute Gasteiger partial charge is 0.508 e. The molecule has 0 aromatic heterocycles. The lowest BCUT2D eigenvalue weighted by Crippen LogP contribution is -2.25. The van der Waals surface area contributed by atoms with Crippen LogP contribution in [0.25, 0.3) is 0 Å². The van der Waals surface area contributed by atoms with Crippen LogP contribution in [-0.4, -0.2) is 43.4 Å². The Morgan fingerprint density at radius 2 is 1.89 bits per heavy atom. The van der Waals surface area contributed by atoms with Crippen LogP contribution in [-0.2, 0) is 9.47 Å². The molecule has 0 bridgehead atoms. The molecular weight excluding hydrogens is 242 g/mol. The minimum atomic E-state index is -0.489. The SMILES string of the molecule is CCCCCCCCOC(=O)OC1CCN(CC)C1. The molecule has 0 aliphatic carbocycles. The van der Waals surface area contributed by atoms with Gasteiger partial charge in [-0.05, 0) is 19.4 Å². The summed E-state index contributed by atoms with van der Waals surface area (Å²) >= 11 is 0. The fraction of sp³-hybridized carbons (Fsp3) is 0.933. The lowest BCUT2D eigenvalue weighted by Gasteiger charge is -2.13. The van der Waals surface area contributed by atoms with E-state index in [0.29, 0.717) is 6.61 Å². The second kappa shape index (κ2) is 10.1. The smallest absolute Gasteiger partial charge is 0.434 e. The van der Waals surface area contributed by atoms with Crippen LogP contribution in [0.5, 0.6) is 0 Å². The van der Waals surface area contributed by atoms with E-state index in [2.05, 4.69) is 18.7 Å². The summed E-state index contributed by atoms with van der Waals surface area (Å²) in [6.07, 6.45) is 7.65. The molecule has 19 heavy (non-hydrogen) atoms. The molecule has 1 aliphatic rings. The van der Waals surface area contributed by atoms with E-state index >= 15 is 0 Å². The monoisotopic (exact) mass is 271 g/mol. The van der Waals surface area contributed by atoms with Crippen molar-refractivity contribution in [3.8, 4) is 0 Å². The Morgan fingerprint density at radius 1 is 1.16 bits per heavy atom. The van der Waals surface area contributed by atoms with Gasteiger partial charge in [-0.3, -0.25) is 4.90 Å². The number of carbonyl (C=O) groups excluding carboxylic acids is 1. The van der Waals surface area contributed by atoms with Gasteiger partial charge in [0, 0.05) is 13.1 Å². The molecule has 1 heterocycles. The zero-order valence-electron chi connectivity index (χ0n) is 12.5. The van der Waals surface area contributed by atoms with E-state index in [0.717, 1.165) is 38.9 Å². The molecule has 1 aliphatic heterocycles. The first-order chi connectivity index (χ1) is 9.26. The normalized spacial score (nSPS) is 19.6. The van der Waals surface area contributed by atoms with Gasteiger partial charge in [-0.1, -0.05) is 46.0 Å². The summed E-state index contributed by atoms with van der Waals surface area (Å²) in [5.41, 5.74) is 0. The standard InChI is InChI=1S/C15H29NO3/c1-3-5-6-7-8-9-12-18-15(17)19-14-10-11-16(4-2)13-14/h14H,3-13H2,1-2H3. The maximum atomic E-state index is 11.5. The molecule has 1 fully saturated rings. The van der Waals surface area contributed by atoms with Gasteiger partial charge in [0.25, 0.3) is 0 Å². The van der Waals surface area contributed by atoms with Gasteiger partial charge < -0.3 is 9.47 Å². The molecule has 4 nitrogen and oxygen atoms in total. The maximum absolute atomic E-state index is 11.5. The van der Waals surface area contributed by atoms with Crippen LogP contribution < -0.4 is 0 Å². The molecular formula is C15H29NO3. The molecule has 1 rings (SSSR count). The number of likely N-dealkylation sites (N-methyl/N-ethyl adjacent to an activating group) is 1. The molecule has 112 valence electrons. The third-order valence-electron chi connectivity index (χ3n) is 3.66. The van der Waals surface area contributed by atoms with Crippen LogP contribution in [0.15, 0.2) is 0 Å². The number of nitrogens with zero attached hydrogens (tertiary/aromatic N) is 1. The minimum Gasteiger partial charge on any atom is -0.434 e. The van der Waals surface area contributed by atoms with Crippen molar-refractivity contribution >= 4 is 6.16 Å². The third-order valence-corrected chi connectivity index (χ3v) is 3.66. The topological polar surface area (TPSA) is 38.8 Å². The molecule has 1 saturated heterocycles. The van der Waals surface area contributed by atoms with Gasteiger partial charge in [-0.25, -0.2) is 4.79 Å². The second-order valence-corrected chi connectivity index (χ2v) is 5.29. The van der Waals surface area contributed by atoms with Crippen molar-refractivity contribution in [3.05, 3.63) is 0 Å². The Morgan fingerprint density at radius 3 is 2.58 bits per heavy atom. The fourth-order valence-corrected chi connectivity index (χ4v) is 2.39. The first kappa shape index (κ1) is 16.3. The Kier molecular flexibility index (Phi) is 8.63. The van der Waals surface area contributed by atoms with Crippen molar-refractivity contribution in [1.82, 2.24) is 4.90 Å². The Bertz CT molecular complexity index is 246. The molecule has 0 radical (unpaired) electrons. The van der Waals surface area contributed by atoms with Crippen molar-refractivity contribution < 1.29 is 14.3 Å². The van der Waals surface area contributed by atoms with Gasteiger partial charge in [0.15, 0.2) is 0 Å². The number of hydrogen-bond donors (Lipinski definition) is 0. The van der Waals surface area contributed by atoms with Crippen molar-refractivity contribution in [3.63, 3.8) is 0 Å². The number of ether oxygens (including phenoxy) is 2. The maximum Gasteiger partial charge on any atom is 0.508 e. The summed E-state index contributed by atoms with van der Waals surface area (Å²) in [4.78, 5) is 13.7. The van der Waals surface area contributed by atoms with E-state index in [1.54, 1.807) is 0 Å². The molecule has 0 amide bonds. The van der Waals surface area contributed by atoms with Crippen molar-refractivity contribution in [2.24, 2.45) is 0 Å².